The molecule has 1 aliphatic rings. The Morgan fingerprint density at radius 1 is 0.734 bits per heavy atom. The lowest BCUT2D eigenvalue weighted by atomic mass is 9.78. The van der Waals surface area contributed by atoms with Gasteiger partial charge in [0.25, 0.3) is 0 Å². The molecule has 0 bridgehead atoms. The van der Waals surface area contributed by atoms with Crippen molar-refractivity contribution < 1.29 is 65.8 Å². The summed E-state index contributed by atoms with van der Waals surface area (Å²) in [4.78, 5) is 81.0. The topological polar surface area (TPSA) is 223 Å². The number of hydrogen-bond acceptors (Lipinski definition) is 11. The molecule has 0 spiro atoms. The molecule has 2 aromatic carbocycles. The number of fused-ring (bicyclic) bond motifs is 1. The largest absolute Gasteiger partial charge is 0.492 e. The van der Waals surface area contributed by atoms with Crippen molar-refractivity contribution in [1.29, 1.82) is 0 Å². The fraction of sp³-hybridized carbons (Fsp3) is 0.581. The van der Waals surface area contributed by atoms with E-state index < -0.39 is 89.3 Å². The summed E-state index contributed by atoms with van der Waals surface area (Å²) in [5.41, 5.74) is -2.80. The predicted octanol–water partition coefficient (Wildman–Crippen LogP) is 4.88. The average Bonchev–Trinajstić information content (AvgIpc) is 3.36. The lowest BCUT2D eigenvalue weighted by molar-refractivity contribution is -0.137. The maximum Gasteiger partial charge on any atom is 0.492 e. The fourth-order valence-electron chi connectivity index (χ4n) is 6.30. The van der Waals surface area contributed by atoms with Gasteiger partial charge in [-0.2, -0.15) is 13.2 Å². The normalized spacial score (nSPS) is 14.6. The first-order valence-electron chi connectivity index (χ1n) is 20.8. The summed E-state index contributed by atoms with van der Waals surface area (Å²) in [7, 11) is -1.29. The van der Waals surface area contributed by atoms with Crippen LogP contribution in [0.5, 0.6) is 0 Å². The van der Waals surface area contributed by atoms with Gasteiger partial charge in [0.05, 0.1) is 11.2 Å². The van der Waals surface area contributed by atoms with Gasteiger partial charge in [-0.3, -0.25) is 14.4 Å². The molecule has 0 unspecified atom stereocenters. The van der Waals surface area contributed by atoms with E-state index in [4.69, 9.17) is 18.9 Å². The summed E-state index contributed by atoms with van der Waals surface area (Å²) >= 11 is 0. The fourth-order valence-corrected chi connectivity index (χ4v) is 6.30. The van der Waals surface area contributed by atoms with E-state index in [9.17, 15) is 47.0 Å². The minimum Gasteiger partial charge on any atom is -0.444 e. The summed E-state index contributed by atoms with van der Waals surface area (Å²) < 4.78 is 61.7. The number of amides is 6. The van der Waals surface area contributed by atoms with Crippen molar-refractivity contribution in [2.24, 2.45) is 0 Å². The van der Waals surface area contributed by atoms with E-state index >= 15 is 0 Å². The summed E-state index contributed by atoms with van der Waals surface area (Å²) in [6.45, 7) is 18.2. The standard InChI is InChI=1S/C43H62BF3N6O11/c1-39(2,3)61-36(57)48-20-22-53(23-21-49-37(58)62-40(4,5)6)33(54)19-18-31(52-38(59)63-41(7,8)9)34(55)51-32(24-26-12-14-27(15-13-26)43(45,46)47)35(56)50-28-16-17-29-30(25-28)44(60)64-42(29,10)11/h12-17,25,31-32,60H,18-24H2,1-11H3,(H,48,57)(H,49,58)(H,50,56)(H,51,55)(H,52,59)/t31-,32+/m0/s1. The number of rotatable bonds is 16. The Morgan fingerprint density at radius 2 is 1.25 bits per heavy atom. The molecule has 0 saturated heterocycles. The Morgan fingerprint density at radius 3 is 1.75 bits per heavy atom. The number of halogens is 3. The summed E-state index contributed by atoms with van der Waals surface area (Å²) in [6, 6.07) is 5.78. The lowest BCUT2D eigenvalue weighted by Crippen LogP contribution is -2.54. The Kier molecular flexibility index (Phi) is 17.7. The number of benzene rings is 2. The van der Waals surface area contributed by atoms with Crippen LogP contribution in [-0.2, 0) is 51.4 Å². The van der Waals surface area contributed by atoms with Gasteiger partial charge in [-0.15, -0.1) is 0 Å². The van der Waals surface area contributed by atoms with Crippen molar-refractivity contribution in [3.05, 3.63) is 59.2 Å². The third-order valence-electron chi connectivity index (χ3n) is 9.10. The molecule has 2 atom stereocenters. The zero-order valence-corrected chi connectivity index (χ0v) is 38.3. The number of ether oxygens (including phenoxy) is 3. The van der Waals surface area contributed by atoms with Gasteiger partial charge in [0.15, 0.2) is 0 Å². The Labute approximate surface area is 372 Å². The van der Waals surface area contributed by atoms with Crippen molar-refractivity contribution in [2.75, 3.05) is 31.5 Å². The van der Waals surface area contributed by atoms with Gasteiger partial charge in [-0.05, 0) is 123 Å². The van der Waals surface area contributed by atoms with E-state index in [1.807, 2.05) is 0 Å². The second kappa shape index (κ2) is 21.4. The Bertz CT molecular complexity index is 1950. The maximum absolute atomic E-state index is 14.2. The average molecular weight is 907 g/mol. The first-order chi connectivity index (χ1) is 29.3. The smallest absolute Gasteiger partial charge is 0.444 e. The number of carbonyl (C=O) groups excluding carboxylic acids is 6. The molecule has 1 heterocycles. The minimum absolute atomic E-state index is 0.0524. The summed E-state index contributed by atoms with van der Waals surface area (Å²) in [6.07, 6.45) is -8.13. The van der Waals surface area contributed by atoms with E-state index in [1.165, 1.54) is 23.1 Å². The van der Waals surface area contributed by atoms with E-state index in [0.717, 1.165) is 12.1 Å². The van der Waals surface area contributed by atoms with Crippen LogP contribution in [0.1, 0.15) is 106 Å². The highest BCUT2D eigenvalue weighted by Gasteiger charge is 2.41. The monoisotopic (exact) mass is 906 g/mol. The van der Waals surface area contributed by atoms with Gasteiger partial charge < -0.3 is 55.4 Å². The van der Waals surface area contributed by atoms with Crippen molar-refractivity contribution >= 4 is 54.3 Å². The number of nitrogens with one attached hydrogen (secondary N) is 5. The van der Waals surface area contributed by atoms with Crippen molar-refractivity contribution in [3.8, 4) is 0 Å². The highest BCUT2D eigenvalue weighted by Crippen LogP contribution is 2.31. The molecule has 354 valence electrons. The molecule has 2 aromatic rings. The first kappa shape index (κ1) is 52.8. The van der Waals surface area contributed by atoms with Gasteiger partial charge in [0, 0.05) is 44.7 Å². The van der Waals surface area contributed by atoms with Crippen LogP contribution in [0.4, 0.5) is 33.2 Å². The molecular formula is C43H62BF3N6O11. The molecule has 0 aromatic heterocycles. The number of nitrogens with zero attached hydrogens (tertiary/aromatic N) is 1. The molecule has 64 heavy (non-hydrogen) atoms. The van der Waals surface area contributed by atoms with Crippen LogP contribution >= 0.6 is 0 Å². The van der Waals surface area contributed by atoms with Gasteiger partial charge in [0.1, 0.15) is 28.9 Å². The quantitative estimate of drug-likeness (QED) is 0.0985. The molecule has 0 aliphatic carbocycles. The van der Waals surface area contributed by atoms with Gasteiger partial charge in [0.2, 0.25) is 17.7 Å². The Balaban J connectivity index is 1.89. The highest BCUT2D eigenvalue weighted by atomic mass is 19.4. The zero-order chi connectivity index (χ0) is 48.4. The third kappa shape index (κ3) is 17.9. The van der Waals surface area contributed by atoms with Crippen molar-refractivity contribution in [3.63, 3.8) is 0 Å². The zero-order valence-electron chi connectivity index (χ0n) is 38.3. The number of carbonyl (C=O) groups is 6. The van der Waals surface area contributed by atoms with Crippen LogP contribution in [0.15, 0.2) is 42.5 Å². The molecule has 1 aliphatic heterocycles. The van der Waals surface area contributed by atoms with E-state index in [1.54, 1.807) is 88.3 Å². The van der Waals surface area contributed by atoms with Crippen LogP contribution in [0, 0.1) is 0 Å². The SMILES string of the molecule is CC(C)(C)OC(=O)NCCN(CCNC(=O)OC(C)(C)C)C(=O)CC[C@H](NC(=O)OC(C)(C)C)C(=O)N[C@H](Cc1ccc(C(F)(F)F)cc1)C(=O)Nc1ccc2c(c1)B(O)OC2(C)C. The third-order valence-corrected chi connectivity index (χ3v) is 9.10. The lowest BCUT2D eigenvalue weighted by Gasteiger charge is -2.27. The van der Waals surface area contributed by atoms with Crippen LogP contribution < -0.4 is 32.0 Å². The second-order valence-electron chi connectivity index (χ2n) is 18.7. The molecule has 0 radical (unpaired) electrons. The predicted molar refractivity (Wildman–Crippen MR) is 231 cm³/mol. The van der Waals surface area contributed by atoms with Crippen LogP contribution in [0.25, 0.3) is 0 Å². The molecule has 17 nitrogen and oxygen atoms in total. The number of alkyl carbamates (subject to hydrolysis) is 3. The molecule has 6 amide bonds. The number of hydrogen-bond donors (Lipinski definition) is 6. The van der Waals surface area contributed by atoms with Crippen LogP contribution in [0.3, 0.4) is 0 Å². The molecule has 21 heteroatoms. The molecule has 0 saturated carbocycles. The van der Waals surface area contributed by atoms with Crippen LogP contribution in [0.2, 0.25) is 0 Å². The summed E-state index contributed by atoms with van der Waals surface area (Å²) in [5.74, 6) is -2.28. The molecule has 0 fully saturated rings. The van der Waals surface area contributed by atoms with E-state index in [0.29, 0.717) is 11.0 Å². The van der Waals surface area contributed by atoms with Gasteiger partial charge in [-0.25, -0.2) is 14.4 Å². The van der Waals surface area contributed by atoms with E-state index in [-0.39, 0.29) is 56.7 Å². The molecule has 6 N–H and O–H groups in total. The Hall–Kier alpha value is -5.57. The maximum atomic E-state index is 14.2. The second-order valence-corrected chi connectivity index (χ2v) is 18.7. The molecular weight excluding hydrogens is 844 g/mol. The minimum atomic E-state index is -4.63. The number of anilines is 1. The van der Waals surface area contributed by atoms with Crippen molar-refractivity contribution in [1.82, 2.24) is 26.2 Å². The van der Waals surface area contributed by atoms with Gasteiger partial charge in [-0.1, -0.05) is 18.2 Å². The number of alkyl halides is 3. The highest BCUT2D eigenvalue weighted by molar-refractivity contribution is 6.62. The summed E-state index contributed by atoms with van der Waals surface area (Å²) in [5, 5.41) is 23.4. The van der Waals surface area contributed by atoms with Crippen LogP contribution in [-0.4, -0.2) is 108 Å². The van der Waals surface area contributed by atoms with Gasteiger partial charge >= 0.3 is 31.6 Å². The first-order valence-corrected chi connectivity index (χ1v) is 20.8. The molecule has 3 rings (SSSR count). The van der Waals surface area contributed by atoms with Crippen molar-refractivity contribution in [2.45, 2.75) is 136 Å². The van der Waals surface area contributed by atoms with E-state index in [2.05, 4.69) is 26.6 Å².